The van der Waals surface area contributed by atoms with Crippen LogP contribution in [0, 0.1) is 22.7 Å². The van der Waals surface area contributed by atoms with Crippen molar-refractivity contribution in [3.8, 4) is 0 Å². The van der Waals surface area contributed by atoms with Crippen LogP contribution >= 0.6 is 0 Å². The molecule has 2 aliphatic rings. The molecule has 3 nitrogen and oxygen atoms in total. The lowest BCUT2D eigenvalue weighted by atomic mass is 9.66. The lowest BCUT2D eigenvalue weighted by Crippen LogP contribution is -2.61. The molecule has 184 valence electrons. The standard InChI is InChI=1S/C28H56N2O/c1-24(2,3)22-13-17-29(18-14-22)26(6,7)21-25(4,5)23-15-19-30(20-16-23)27(8,9)28(10,11)31-12/h22-23H,13-21H2,1-12H3. The van der Waals surface area contributed by atoms with Crippen molar-refractivity contribution in [2.45, 2.75) is 125 Å². The second-order valence-corrected chi connectivity index (χ2v) is 14.1. The summed E-state index contributed by atoms with van der Waals surface area (Å²) < 4.78 is 5.86. The predicted molar refractivity (Wildman–Crippen MR) is 136 cm³/mol. The van der Waals surface area contributed by atoms with E-state index >= 15 is 0 Å². The zero-order valence-corrected chi connectivity index (χ0v) is 23.3. The van der Waals surface area contributed by atoms with Gasteiger partial charge in [-0.25, -0.2) is 0 Å². The molecule has 2 saturated heterocycles. The van der Waals surface area contributed by atoms with Crippen molar-refractivity contribution in [2.75, 3.05) is 33.3 Å². The molecule has 0 aromatic heterocycles. The number of methoxy groups -OCH3 is 1. The first kappa shape index (κ1) is 27.1. The second-order valence-electron chi connectivity index (χ2n) is 14.1. The number of piperidine rings is 2. The van der Waals surface area contributed by atoms with E-state index in [2.05, 4.69) is 86.0 Å². The number of ether oxygens (including phenoxy) is 1. The molecule has 0 aromatic carbocycles. The fourth-order valence-electron chi connectivity index (χ4n) is 6.57. The Bertz CT molecular complexity index is 568. The van der Waals surface area contributed by atoms with Gasteiger partial charge in [-0.05, 0) is 122 Å². The first-order valence-electron chi connectivity index (χ1n) is 13.0. The fourth-order valence-corrected chi connectivity index (χ4v) is 6.57. The minimum atomic E-state index is -0.142. The molecule has 0 spiro atoms. The Hall–Kier alpha value is -0.120. The van der Waals surface area contributed by atoms with E-state index in [9.17, 15) is 0 Å². The van der Waals surface area contributed by atoms with Gasteiger partial charge in [0, 0.05) is 18.2 Å². The van der Waals surface area contributed by atoms with Crippen LogP contribution in [0.5, 0.6) is 0 Å². The van der Waals surface area contributed by atoms with Gasteiger partial charge in [0.1, 0.15) is 0 Å². The van der Waals surface area contributed by atoms with E-state index in [0.717, 1.165) is 11.8 Å². The molecule has 2 rings (SSSR count). The highest BCUT2D eigenvalue weighted by molar-refractivity contribution is 5.00. The molecule has 0 radical (unpaired) electrons. The van der Waals surface area contributed by atoms with Crippen LogP contribution in [-0.2, 0) is 4.74 Å². The van der Waals surface area contributed by atoms with Crippen LogP contribution in [0.1, 0.15) is 108 Å². The molecular weight excluding hydrogens is 380 g/mol. The molecule has 2 fully saturated rings. The van der Waals surface area contributed by atoms with Gasteiger partial charge in [-0.1, -0.05) is 34.6 Å². The highest BCUT2D eigenvalue weighted by Crippen LogP contribution is 2.45. The fraction of sp³-hybridized carbons (Fsp3) is 1.00. The Labute approximate surface area is 195 Å². The van der Waals surface area contributed by atoms with Crippen molar-refractivity contribution >= 4 is 0 Å². The maximum Gasteiger partial charge on any atom is 0.0800 e. The van der Waals surface area contributed by atoms with Gasteiger partial charge in [-0.2, -0.15) is 0 Å². The average molecular weight is 437 g/mol. The minimum absolute atomic E-state index is 0.0491. The van der Waals surface area contributed by atoms with Crippen LogP contribution in [0.2, 0.25) is 0 Å². The van der Waals surface area contributed by atoms with Gasteiger partial charge in [0.05, 0.1) is 5.60 Å². The van der Waals surface area contributed by atoms with E-state index in [0.29, 0.717) is 10.8 Å². The molecule has 0 bridgehead atoms. The Morgan fingerprint density at radius 2 is 1.06 bits per heavy atom. The predicted octanol–water partition coefficient (Wildman–Crippen LogP) is 6.86. The molecule has 3 heteroatoms. The smallest absolute Gasteiger partial charge is 0.0800 e. The monoisotopic (exact) mass is 436 g/mol. The quantitative estimate of drug-likeness (QED) is 0.434. The number of nitrogens with zero attached hydrogens (tertiary/aromatic N) is 2. The third kappa shape index (κ3) is 6.07. The molecule has 0 atom stereocenters. The van der Waals surface area contributed by atoms with Crippen LogP contribution in [0.3, 0.4) is 0 Å². The van der Waals surface area contributed by atoms with Gasteiger partial charge >= 0.3 is 0 Å². The number of rotatable bonds is 7. The lowest BCUT2D eigenvalue weighted by Gasteiger charge is -2.53. The summed E-state index contributed by atoms with van der Waals surface area (Å²) in [7, 11) is 1.85. The molecule has 0 amide bonds. The molecular formula is C28H56N2O. The SMILES string of the molecule is COC(C)(C)C(C)(C)N1CCC(C(C)(C)CC(C)(C)N2CCC(C(C)(C)C)CC2)CC1. The third-order valence-electron chi connectivity index (χ3n) is 9.84. The van der Waals surface area contributed by atoms with E-state index in [1.165, 1.54) is 58.3 Å². The molecule has 0 aromatic rings. The van der Waals surface area contributed by atoms with Crippen LogP contribution < -0.4 is 0 Å². The van der Waals surface area contributed by atoms with E-state index in [4.69, 9.17) is 4.74 Å². The first-order chi connectivity index (χ1) is 13.9. The summed E-state index contributed by atoms with van der Waals surface area (Å²) in [5.74, 6) is 1.67. The first-order valence-corrected chi connectivity index (χ1v) is 13.0. The zero-order valence-electron chi connectivity index (χ0n) is 23.3. The Balaban J connectivity index is 1.96. The van der Waals surface area contributed by atoms with Crippen molar-refractivity contribution < 1.29 is 4.74 Å². The van der Waals surface area contributed by atoms with Gasteiger partial charge in [-0.15, -0.1) is 0 Å². The molecule has 0 aliphatic carbocycles. The molecule has 0 saturated carbocycles. The summed E-state index contributed by atoms with van der Waals surface area (Å²) in [5, 5.41) is 0. The largest absolute Gasteiger partial charge is 0.377 e. The Kier molecular flexibility index (Phi) is 8.10. The maximum absolute atomic E-state index is 5.86. The summed E-state index contributed by atoms with van der Waals surface area (Å²) in [6.45, 7) is 31.4. The summed E-state index contributed by atoms with van der Waals surface area (Å²) >= 11 is 0. The summed E-state index contributed by atoms with van der Waals surface area (Å²) in [5.41, 5.74) is 1.01. The van der Waals surface area contributed by atoms with E-state index in [1.807, 2.05) is 7.11 Å². The minimum Gasteiger partial charge on any atom is -0.377 e. The van der Waals surface area contributed by atoms with Crippen molar-refractivity contribution in [3.63, 3.8) is 0 Å². The highest BCUT2D eigenvalue weighted by atomic mass is 16.5. The number of hydrogen-bond acceptors (Lipinski definition) is 3. The lowest BCUT2D eigenvalue weighted by molar-refractivity contribution is -0.111. The van der Waals surface area contributed by atoms with Gasteiger partial charge in [-0.3, -0.25) is 9.80 Å². The average Bonchev–Trinajstić information content (AvgIpc) is 2.66. The van der Waals surface area contributed by atoms with E-state index < -0.39 is 0 Å². The molecule has 2 aliphatic heterocycles. The summed E-state index contributed by atoms with van der Waals surface area (Å²) in [4.78, 5) is 5.47. The molecule has 2 heterocycles. The van der Waals surface area contributed by atoms with Gasteiger partial charge in [0.15, 0.2) is 0 Å². The van der Waals surface area contributed by atoms with Gasteiger partial charge < -0.3 is 4.74 Å². The van der Waals surface area contributed by atoms with Gasteiger partial charge in [0.25, 0.3) is 0 Å². The van der Waals surface area contributed by atoms with E-state index in [-0.39, 0.29) is 16.7 Å². The van der Waals surface area contributed by atoms with Gasteiger partial charge in [0.2, 0.25) is 0 Å². The Morgan fingerprint density at radius 1 is 0.645 bits per heavy atom. The van der Waals surface area contributed by atoms with Crippen LogP contribution in [-0.4, -0.2) is 59.8 Å². The highest BCUT2D eigenvalue weighted by Gasteiger charge is 2.46. The van der Waals surface area contributed by atoms with Crippen molar-refractivity contribution in [1.29, 1.82) is 0 Å². The number of likely N-dealkylation sites (tertiary alicyclic amines) is 2. The number of hydrogen-bond donors (Lipinski definition) is 0. The molecule has 0 unspecified atom stereocenters. The molecule has 31 heavy (non-hydrogen) atoms. The topological polar surface area (TPSA) is 15.7 Å². The van der Waals surface area contributed by atoms with Crippen molar-refractivity contribution in [3.05, 3.63) is 0 Å². The maximum atomic E-state index is 5.86. The second kappa shape index (κ2) is 9.26. The van der Waals surface area contributed by atoms with Crippen molar-refractivity contribution in [2.24, 2.45) is 22.7 Å². The normalized spacial score (nSPS) is 22.8. The summed E-state index contributed by atoms with van der Waals surface area (Å²) in [6.07, 6.45) is 6.61. The van der Waals surface area contributed by atoms with Crippen LogP contribution in [0.15, 0.2) is 0 Å². The van der Waals surface area contributed by atoms with Crippen LogP contribution in [0.25, 0.3) is 0 Å². The zero-order chi connectivity index (χ0) is 23.9. The van der Waals surface area contributed by atoms with Crippen LogP contribution in [0.4, 0.5) is 0 Å². The molecule has 0 N–H and O–H groups in total. The van der Waals surface area contributed by atoms with E-state index in [1.54, 1.807) is 0 Å². The van der Waals surface area contributed by atoms with Crippen molar-refractivity contribution in [1.82, 2.24) is 9.80 Å². The summed E-state index contributed by atoms with van der Waals surface area (Å²) in [6, 6.07) is 0. The Morgan fingerprint density at radius 3 is 1.48 bits per heavy atom. The third-order valence-corrected chi connectivity index (χ3v) is 9.84.